The van der Waals surface area contributed by atoms with Crippen molar-refractivity contribution >= 4 is 11.9 Å². The smallest absolute Gasteiger partial charge is 0.303 e. The van der Waals surface area contributed by atoms with Gasteiger partial charge >= 0.3 is 5.97 Å². The van der Waals surface area contributed by atoms with Gasteiger partial charge in [-0.1, -0.05) is 67.4 Å². The summed E-state index contributed by atoms with van der Waals surface area (Å²) in [5.74, 6) is -0.718. The van der Waals surface area contributed by atoms with Crippen LogP contribution in [0.4, 0.5) is 0 Å². The topological polar surface area (TPSA) is 66.4 Å². The Bertz CT molecular complexity index is 665. The van der Waals surface area contributed by atoms with E-state index in [1.54, 1.807) is 0 Å². The third-order valence-electron chi connectivity index (χ3n) is 4.07. The summed E-state index contributed by atoms with van der Waals surface area (Å²) in [6, 6.07) is 18.2. The fourth-order valence-electron chi connectivity index (χ4n) is 2.68. The van der Waals surface area contributed by atoms with Crippen molar-refractivity contribution in [3.05, 3.63) is 60.2 Å². The molecule has 132 valence electrons. The summed E-state index contributed by atoms with van der Waals surface area (Å²) in [5.41, 5.74) is 3.31. The lowest BCUT2D eigenvalue weighted by atomic mass is 10.0. The van der Waals surface area contributed by atoms with Crippen LogP contribution in [0.5, 0.6) is 0 Å². The van der Waals surface area contributed by atoms with Crippen LogP contribution in [0.2, 0.25) is 0 Å². The lowest BCUT2D eigenvalue weighted by Gasteiger charge is -2.07. The molecule has 0 bridgehead atoms. The molecule has 2 aromatic carbocycles. The zero-order chi connectivity index (χ0) is 17.9. The number of benzene rings is 2. The minimum absolute atomic E-state index is 0.0259. The lowest BCUT2D eigenvalue weighted by molar-refractivity contribution is -0.137. The van der Waals surface area contributed by atoms with E-state index in [1.807, 2.05) is 42.5 Å². The van der Waals surface area contributed by atoms with E-state index in [9.17, 15) is 9.59 Å². The quantitative estimate of drug-likeness (QED) is 0.642. The van der Waals surface area contributed by atoms with Gasteiger partial charge in [0.05, 0.1) is 6.42 Å². The number of rotatable bonds is 10. The molecule has 1 amide bonds. The number of carbonyl (C=O) groups is 2. The Balaban J connectivity index is 1.66. The van der Waals surface area contributed by atoms with Gasteiger partial charge in [0.15, 0.2) is 0 Å². The largest absolute Gasteiger partial charge is 0.481 e. The summed E-state index contributed by atoms with van der Waals surface area (Å²) in [6.07, 6.45) is 4.04. The van der Waals surface area contributed by atoms with Gasteiger partial charge in [-0.3, -0.25) is 9.59 Å². The van der Waals surface area contributed by atoms with Crippen LogP contribution >= 0.6 is 0 Å². The molecule has 4 heteroatoms. The van der Waals surface area contributed by atoms with Crippen LogP contribution in [0.25, 0.3) is 11.1 Å². The second kappa shape index (κ2) is 10.3. The van der Waals surface area contributed by atoms with Crippen LogP contribution in [-0.4, -0.2) is 23.5 Å². The van der Waals surface area contributed by atoms with E-state index in [0.717, 1.165) is 30.4 Å². The average Bonchev–Trinajstić information content (AvgIpc) is 2.62. The van der Waals surface area contributed by atoms with E-state index in [2.05, 4.69) is 17.4 Å². The normalized spacial score (nSPS) is 10.4. The minimum atomic E-state index is -0.744. The number of amides is 1. The fourth-order valence-corrected chi connectivity index (χ4v) is 2.68. The Morgan fingerprint density at radius 2 is 1.44 bits per heavy atom. The molecule has 0 aromatic heterocycles. The number of nitrogens with one attached hydrogen (secondary N) is 1. The summed E-state index contributed by atoms with van der Waals surface area (Å²) in [5, 5.41) is 11.5. The van der Waals surface area contributed by atoms with Gasteiger partial charge < -0.3 is 10.4 Å². The van der Waals surface area contributed by atoms with Crippen molar-refractivity contribution in [1.29, 1.82) is 0 Å². The van der Waals surface area contributed by atoms with Gasteiger partial charge in [-0.05, 0) is 29.5 Å². The number of unbranched alkanes of at least 4 members (excludes halogenated alkanes) is 3. The van der Waals surface area contributed by atoms with Crippen molar-refractivity contribution < 1.29 is 14.7 Å². The molecule has 0 heterocycles. The molecule has 0 unspecified atom stereocenters. The highest BCUT2D eigenvalue weighted by Gasteiger charge is 2.04. The monoisotopic (exact) mass is 339 g/mol. The molecule has 0 saturated heterocycles. The van der Waals surface area contributed by atoms with Gasteiger partial charge in [0.25, 0.3) is 0 Å². The highest BCUT2D eigenvalue weighted by atomic mass is 16.4. The minimum Gasteiger partial charge on any atom is -0.481 e. The summed E-state index contributed by atoms with van der Waals surface area (Å²) >= 11 is 0. The molecule has 2 rings (SSSR count). The average molecular weight is 339 g/mol. The van der Waals surface area contributed by atoms with Crippen LogP contribution in [-0.2, 0) is 16.0 Å². The summed E-state index contributed by atoms with van der Waals surface area (Å²) in [6.45, 7) is 0.647. The van der Waals surface area contributed by atoms with E-state index in [-0.39, 0.29) is 12.3 Å². The Morgan fingerprint density at radius 3 is 2.12 bits per heavy atom. The lowest BCUT2D eigenvalue weighted by Crippen LogP contribution is -2.26. The number of carboxylic acid groups (broad SMARTS) is 1. The zero-order valence-electron chi connectivity index (χ0n) is 14.4. The molecule has 2 aromatic rings. The number of carbonyl (C=O) groups excluding carboxylic acids is 1. The molecule has 0 saturated carbocycles. The maximum atomic E-state index is 12.0. The van der Waals surface area contributed by atoms with Gasteiger partial charge in [0, 0.05) is 13.0 Å². The Labute approximate surface area is 148 Å². The molecule has 0 spiro atoms. The first kappa shape index (κ1) is 18.7. The van der Waals surface area contributed by atoms with Crippen LogP contribution in [0.1, 0.15) is 37.7 Å². The number of aliphatic carboxylic acids is 1. The van der Waals surface area contributed by atoms with E-state index in [4.69, 9.17) is 5.11 Å². The SMILES string of the molecule is O=C(O)CCCCCCNC(=O)Cc1ccc(-c2ccccc2)cc1. The van der Waals surface area contributed by atoms with E-state index in [1.165, 1.54) is 5.56 Å². The second-order valence-corrected chi connectivity index (χ2v) is 6.15. The Hall–Kier alpha value is -2.62. The Morgan fingerprint density at radius 1 is 0.800 bits per heavy atom. The third kappa shape index (κ3) is 7.21. The summed E-state index contributed by atoms with van der Waals surface area (Å²) in [4.78, 5) is 22.4. The molecule has 2 N–H and O–H groups in total. The predicted octanol–water partition coefficient (Wildman–Crippen LogP) is 4.05. The third-order valence-corrected chi connectivity index (χ3v) is 4.07. The van der Waals surface area contributed by atoms with Crippen molar-refractivity contribution in [2.45, 2.75) is 38.5 Å². The zero-order valence-corrected chi connectivity index (χ0v) is 14.4. The van der Waals surface area contributed by atoms with E-state index >= 15 is 0 Å². The molecule has 0 aliphatic carbocycles. The van der Waals surface area contributed by atoms with Crippen LogP contribution in [0.3, 0.4) is 0 Å². The molecule has 25 heavy (non-hydrogen) atoms. The van der Waals surface area contributed by atoms with E-state index < -0.39 is 5.97 Å². The van der Waals surface area contributed by atoms with E-state index in [0.29, 0.717) is 19.4 Å². The molecule has 0 aliphatic rings. The predicted molar refractivity (Wildman–Crippen MR) is 99.3 cm³/mol. The molecular weight excluding hydrogens is 314 g/mol. The number of hydrogen-bond acceptors (Lipinski definition) is 2. The van der Waals surface area contributed by atoms with Gasteiger partial charge in [-0.2, -0.15) is 0 Å². The molecular formula is C21H25NO3. The fraction of sp³-hybridized carbons (Fsp3) is 0.333. The van der Waals surface area contributed by atoms with Crippen molar-refractivity contribution in [3.8, 4) is 11.1 Å². The first-order valence-corrected chi connectivity index (χ1v) is 8.78. The maximum Gasteiger partial charge on any atom is 0.303 e. The van der Waals surface area contributed by atoms with Gasteiger partial charge in [0.2, 0.25) is 5.91 Å². The number of hydrogen-bond donors (Lipinski definition) is 2. The Kier molecular flexibility index (Phi) is 7.70. The number of carboxylic acids is 1. The first-order chi connectivity index (χ1) is 12.1. The van der Waals surface area contributed by atoms with Crippen LogP contribution in [0.15, 0.2) is 54.6 Å². The van der Waals surface area contributed by atoms with Crippen LogP contribution in [0, 0.1) is 0 Å². The van der Waals surface area contributed by atoms with Crippen LogP contribution < -0.4 is 5.32 Å². The molecule has 0 atom stereocenters. The standard InChI is InChI=1S/C21H25NO3/c23-20(22-15-7-2-1-6-10-21(24)25)16-17-11-13-19(14-12-17)18-8-4-3-5-9-18/h3-5,8-9,11-14H,1-2,6-7,10,15-16H2,(H,22,23)(H,24,25). The second-order valence-electron chi connectivity index (χ2n) is 6.15. The molecule has 0 aliphatic heterocycles. The first-order valence-electron chi connectivity index (χ1n) is 8.78. The van der Waals surface area contributed by atoms with Crippen molar-refractivity contribution in [3.63, 3.8) is 0 Å². The van der Waals surface area contributed by atoms with Gasteiger partial charge in [0.1, 0.15) is 0 Å². The molecule has 0 radical (unpaired) electrons. The molecule has 4 nitrogen and oxygen atoms in total. The highest BCUT2D eigenvalue weighted by molar-refractivity contribution is 5.78. The van der Waals surface area contributed by atoms with Crippen molar-refractivity contribution in [2.24, 2.45) is 0 Å². The van der Waals surface area contributed by atoms with Gasteiger partial charge in [-0.15, -0.1) is 0 Å². The maximum absolute atomic E-state index is 12.0. The molecule has 0 fully saturated rings. The summed E-state index contributed by atoms with van der Waals surface area (Å²) in [7, 11) is 0. The van der Waals surface area contributed by atoms with Crippen molar-refractivity contribution in [1.82, 2.24) is 5.32 Å². The highest BCUT2D eigenvalue weighted by Crippen LogP contribution is 2.19. The summed E-state index contributed by atoms with van der Waals surface area (Å²) < 4.78 is 0. The van der Waals surface area contributed by atoms with Crippen molar-refractivity contribution in [2.75, 3.05) is 6.54 Å². The van der Waals surface area contributed by atoms with Gasteiger partial charge in [-0.25, -0.2) is 0 Å².